The number of esters is 1. The third kappa shape index (κ3) is 4.63. The van der Waals surface area contributed by atoms with Gasteiger partial charge >= 0.3 is 12.0 Å². The number of nitrogens with zero attached hydrogens (tertiary/aromatic N) is 1. The number of piperazine rings is 1. The van der Waals surface area contributed by atoms with Crippen molar-refractivity contribution in [1.29, 1.82) is 0 Å². The second kappa shape index (κ2) is 8.23. The van der Waals surface area contributed by atoms with Crippen LogP contribution in [0.25, 0.3) is 0 Å². The molecule has 1 aliphatic heterocycles. The average molecular weight is 306 g/mol. The minimum atomic E-state index is -0.451. The molecule has 7 nitrogen and oxygen atoms in total. The molecule has 3 N–H and O–H groups in total. The molecule has 0 saturated carbocycles. The van der Waals surface area contributed by atoms with E-state index in [1.54, 1.807) is 6.92 Å². The van der Waals surface area contributed by atoms with E-state index >= 15 is 0 Å². The van der Waals surface area contributed by atoms with E-state index in [0.29, 0.717) is 6.61 Å². The van der Waals surface area contributed by atoms with Gasteiger partial charge in [-0.05, 0) is 19.1 Å². The van der Waals surface area contributed by atoms with Crippen LogP contribution in [-0.4, -0.2) is 51.3 Å². The number of ether oxygens (including phenoxy) is 1. The molecule has 1 saturated heterocycles. The van der Waals surface area contributed by atoms with E-state index in [1.807, 2.05) is 24.3 Å². The van der Waals surface area contributed by atoms with Gasteiger partial charge in [0.2, 0.25) is 0 Å². The number of benzene rings is 1. The molecule has 0 aromatic heterocycles. The maximum absolute atomic E-state index is 11.9. The van der Waals surface area contributed by atoms with E-state index in [1.165, 1.54) is 0 Å². The van der Waals surface area contributed by atoms with Crippen molar-refractivity contribution in [2.75, 3.05) is 49.5 Å². The number of hydrogen-bond donors (Lipinski definition) is 3. The van der Waals surface area contributed by atoms with Crippen LogP contribution in [0.15, 0.2) is 24.3 Å². The molecule has 0 unspecified atom stereocenters. The summed E-state index contributed by atoms with van der Waals surface area (Å²) >= 11 is 0. The number of amides is 2. The molecule has 1 aliphatic rings. The lowest BCUT2D eigenvalue weighted by atomic mass is 10.2. The van der Waals surface area contributed by atoms with Gasteiger partial charge in [-0.1, -0.05) is 12.1 Å². The zero-order chi connectivity index (χ0) is 15.8. The van der Waals surface area contributed by atoms with Gasteiger partial charge in [0.1, 0.15) is 6.54 Å². The SMILES string of the molecule is CCOC(=O)CNC(=O)Nc1ccccc1N1CCNCC1. The molecule has 0 aliphatic carbocycles. The van der Waals surface area contributed by atoms with Gasteiger partial charge < -0.3 is 25.6 Å². The van der Waals surface area contributed by atoms with Crippen LogP contribution in [0.1, 0.15) is 6.92 Å². The number of hydrogen-bond acceptors (Lipinski definition) is 5. The van der Waals surface area contributed by atoms with Crippen LogP contribution in [0.5, 0.6) is 0 Å². The monoisotopic (exact) mass is 306 g/mol. The Morgan fingerprint density at radius 3 is 2.73 bits per heavy atom. The summed E-state index contributed by atoms with van der Waals surface area (Å²) in [5.41, 5.74) is 1.71. The maximum atomic E-state index is 11.9. The Bertz CT molecular complexity index is 515. The van der Waals surface area contributed by atoms with E-state index in [2.05, 4.69) is 20.9 Å². The first-order valence-electron chi connectivity index (χ1n) is 7.46. The van der Waals surface area contributed by atoms with Crippen molar-refractivity contribution in [3.63, 3.8) is 0 Å². The van der Waals surface area contributed by atoms with Crippen molar-refractivity contribution in [3.05, 3.63) is 24.3 Å². The van der Waals surface area contributed by atoms with Crippen molar-refractivity contribution < 1.29 is 14.3 Å². The molecule has 0 radical (unpaired) electrons. The van der Waals surface area contributed by atoms with Gasteiger partial charge in [0, 0.05) is 26.2 Å². The Morgan fingerprint density at radius 1 is 1.27 bits per heavy atom. The molecule has 0 bridgehead atoms. The topological polar surface area (TPSA) is 82.7 Å². The van der Waals surface area contributed by atoms with Crippen molar-refractivity contribution in [1.82, 2.24) is 10.6 Å². The lowest BCUT2D eigenvalue weighted by molar-refractivity contribution is -0.141. The second-order valence-electron chi connectivity index (χ2n) is 4.87. The predicted molar refractivity (Wildman–Crippen MR) is 85.2 cm³/mol. The first-order chi connectivity index (χ1) is 10.7. The first-order valence-corrected chi connectivity index (χ1v) is 7.46. The van der Waals surface area contributed by atoms with Crippen LogP contribution in [0.4, 0.5) is 16.2 Å². The van der Waals surface area contributed by atoms with Crippen molar-refractivity contribution in [2.24, 2.45) is 0 Å². The van der Waals surface area contributed by atoms with Gasteiger partial charge in [-0.2, -0.15) is 0 Å². The van der Waals surface area contributed by atoms with Crippen LogP contribution < -0.4 is 20.9 Å². The predicted octanol–water partition coefficient (Wildman–Crippen LogP) is 0.781. The highest BCUT2D eigenvalue weighted by molar-refractivity contribution is 5.94. The summed E-state index contributed by atoms with van der Waals surface area (Å²) < 4.78 is 4.76. The zero-order valence-corrected chi connectivity index (χ0v) is 12.7. The highest BCUT2D eigenvalue weighted by atomic mass is 16.5. The summed E-state index contributed by atoms with van der Waals surface area (Å²) in [6.07, 6.45) is 0. The van der Waals surface area contributed by atoms with Crippen LogP contribution in [-0.2, 0) is 9.53 Å². The fourth-order valence-corrected chi connectivity index (χ4v) is 2.29. The van der Waals surface area contributed by atoms with Crippen LogP contribution in [0.2, 0.25) is 0 Å². The minimum absolute atomic E-state index is 0.143. The maximum Gasteiger partial charge on any atom is 0.325 e. The van der Waals surface area contributed by atoms with Crippen molar-refractivity contribution in [3.8, 4) is 0 Å². The summed E-state index contributed by atoms with van der Waals surface area (Å²) in [7, 11) is 0. The van der Waals surface area contributed by atoms with Gasteiger partial charge in [0.15, 0.2) is 0 Å². The van der Waals surface area contributed by atoms with Gasteiger partial charge in [-0.25, -0.2) is 4.79 Å². The first kappa shape index (κ1) is 16.1. The summed E-state index contributed by atoms with van der Waals surface area (Å²) in [5, 5.41) is 8.57. The summed E-state index contributed by atoms with van der Waals surface area (Å²) in [6, 6.07) is 7.22. The Labute approximate surface area is 130 Å². The highest BCUT2D eigenvalue weighted by Gasteiger charge is 2.15. The van der Waals surface area contributed by atoms with E-state index in [4.69, 9.17) is 4.74 Å². The smallest absolute Gasteiger partial charge is 0.325 e. The molecule has 2 amide bonds. The fraction of sp³-hybridized carbons (Fsp3) is 0.467. The highest BCUT2D eigenvalue weighted by Crippen LogP contribution is 2.25. The summed E-state index contributed by atoms with van der Waals surface area (Å²) in [6.45, 7) is 5.50. The number of nitrogens with one attached hydrogen (secondary N) is 3. The molecule has 0 atom stereocenters. The average Bonchev–Trinajstić information content (AvgIpc) is 2.55. The Hall–Kier alpha value is -2.28. The lowest BCUT2D eigenvalue weighted by Gasteiger charge is -2.31. The summed E-state index contributed by atoms with van der Waals surface area (Å²) in [5.74, 6) is -0.451. The van der Waals surface area contributed by atoms with Crippen molar-refractivity contribution in [2.45, 2.75) is 6.92 Å². The Balaban J connectivity index is 1.94. The molecule has 22 heavy (non-hydrogen) atoms. The normalized spacial score (nSPS) is 14.3. The van der Waals surface area contributed by atoms with Crippen molar-refractivity contribution >= 4 is 23.4 Å². The number of carbonyl (C=O) groups excluding carboxylic acids is 2. The molecular formula is C15H22N4O3. The molecule has 0 spiro atoms. The van der Waals surface area contributed by atoms with Gasteiger partial charge in [0.25, 0.3) is 0 Å². The third-order valence-corrected chi connectivity index (χ3v) is 3.31. The fourth-order valence-electron chi connectivity index (χ4n) is 2.29. The quantitative estimate of drug-likeness (QED) is 0.700. The third-order valence-electron chi connectivity index (χ3n) is 3.31. The number of carbonyl (C=O) groups is 2. The second-order valence-corrected chi connectivity index (χ2v) is 4.87. The Morgan fingerprint density at radius 2 is 2.00 bits per heavy atom. The molecule has 2 rings (SSSR count). The van der Waals surface area contributed by atoms with Gasteiger partial charge in [-0.3, -0.25) is 4.79 Å². The van der Waals surface area contributed by atoms with Crippen LogP contribution >= 0.6 is 0 Å². The van der Waals surface area contributed by atoms with E-state index in [9.17, 15) is 9.59 Å². The van der Waals surface area contributed by atoms with Gasteiger partial charge in [-0.15, -0.1) is 0 Å². The molecule has 1 heterocycles. The lowest BCUT2D eigenvalue weighted by Crippen LogP contribution is -2.44. The molecule has 7 heteroatoms. The van der Waals surface area contributed by atoms with E-state index < -0.39 is 12.0 Å². The molecule has 1 fully saturated rings. The number of urea groups is 1. The summed E-state index contributed by atoms with van der Waals surface area (Å²) in [4.78, 5) is 25.3. The standard InChI is InChI=1S/C15H22N4O3/c1-2-22-14(20)11-17-15(21)18-12-5-3-4-6-13(12)19-9-7-16-8-10-19/h3-6,16H,2,7-11H2,1H3,(H2,17,18,21). The zero-order valence-electron chi connectivity index (χ0n) is 12.7. The van der Waals surface area contributed by atoms with Crippen LogP contribution in [0.3, 0.4) is 0 Å². The Kier molecular flexibility index (Phi) is 6.02. The molecule has 1 aromatic rings. The van der Waals surface area contributed by atoms with E-state index in [0.717, 1.165) is 37.6 Å². The molecule has 1 aromatic carbocycles. The van der Waals surface area contributed by atoms with Crippen LogP contribution in [0, 0.1) is 0 Å². The molecular weight excluding hydrogens is 284 g/mol. The number of para-hydroxylation sites is 2. The minimum Gasteiger partial charge on any atom is -0.465 e. The molecule has 120 valence electrons. The number of rotatable bonds is 5. The van der Waals surface area contributed by atoms with E-state index in [-0.39, 0.29) is 6.54 Å². The number of anilines is 2. The largest absolute Gasteiger partial charge is 0.465 e. The van der Waals surface area contributed by atoms with Gasteiger partial charge in [0.05, 0.1) is 18.0 Å².